The fourth-order valence-corrected chi connectivity index (χ4v) is 3.27. The second kappa shape index (κ2) is 8.13. The van der Waals surface area contributed by atoms with Gasteiger partial charge in [-0.2, -0.15) is 0 Å². The highest BCUT2D eigenvalue weighted by molar-refractivity contribution is 4.72. The van der Waals surface area contributed by atoms with Crippen LogP contribution in [0.15, 0.2) is 0 Å². The smallest absolute Gasteiger partial charge is 0.0564 e. The summed E-state index contributed by atoms with van der Waals surface area (Å²) in [5, 5.41) is 13.1. The minimum Gasteiger partial charge on any atom is -0.393 e. The molecule has 0 aromatic carbocycles. The van der Waals surface area contributed by atoms with E-state index in [-0.39, 0.29) is 6.10 Å². The van der Waals surface area contributed by atoms with Gasteiger partial charge in [0.2, 0.25) is 0 Å². The Morgan fingerprint density at radius 3 is 2.44 bits per heavy atom. The van der Waals surface area contributed by atoms with Gasteiger partial charge in [-0.1, -0.05) is 19.3 Å². The van der Waals surface area contributed by atoms with Crippen molar-refractivity contribution in [3.8, 4) is 0 Å². The Bertz CT molecular complexity index is 209. The van der Waals surface area contributed by atoms with Crippen LogP contribution in [0.25, 0.3) is 0 Å². The summed E-state index contributed by atoms with van der Waals surface area (Å²) >= 11 is 0. The molecule has 2 aliphatic rings. The average Bonchev–Trinajstić information content (AvgIpc) is 2.42. The van der Waals surface area contributed by atoms with E-state index < -0.39 is 0 Å². The molecule has 3 heteroatoms. The SMILES string of the molecule is OC1CCN(CCCNCC2CCCCC2)CC1. The zero-order chi connectivity index (χ0) is 12.6. The number of aliphatic hydroxyl groups is 1. The van der Waals surface area contributed by atoms with Crippen LogP contribution < -0.4 is 5.32 Å². The molecule has 0 amide bonds. The monoisotopic (exact) mass is 254 g/mol. The van der Waals surface area contributed by atoms with Crippen LogP contribution in [-0.2, 0) is 0 Å². The van der Waals surface area contributed by atoms with Gasteiger partial charge in [0.1, 0.15) is 0 Å². The van der Waals surface area contributed by atoms with Crippen LogP contribution in [0.5, 0.6) is 0 Å². The van der Waals surface area contributed by atoms with Crippen LogP contribution in [0.3, 0.4) is 0 Å². The number of hydrogen-bond acceptors (Lipinski definition) is 3. The first kappa shape index (κ1) is 14.3. The van der Waals surface area contributed by atoms with E-state index >= 15 is 0 Å². The molecule has 2 N–H and O–H groups in total. The maximum Gasteiger partial charge on any atom is 0.0564 e. The molecule has 106 valence electrons. The van der Waals surface area contributed by atoms with E-state index in [2.05, 4.69) is 10.2 Å². The predicted octanol–water partition coefficient (Wildman–Crippen LogP) is 2.00. The minimum atomic E-state index is -0.0364. The number of hydrogen-bond donors (Lipinski definition) is 2. The van der Waals surface area contributed by atoms with E-state index in [1.54, 1.807) is 0 Å². The van der Waals surface area contributed by atoms with Gasteiger partial charge in [0.15, 0.2) is 0 Å². The lowest BCUT2D eigenvalue weighted by Gasteiger charge is -2.29. The van der Waals surface area contributed by atoms with Gasteiger partial charge in [0.05, 0.1) is 6.10 Å². The fraction of sp³-hybridized carbons (Fsp3) is 1.00. The summed E-state index contributed by atoms with van der Waals surface area (Å²) < 4.78 is 0. The van der Waals surface area contributed by atoms with E-state index in [4.69, 9.17) is 0 Å². The number of rotatable bonds is 6. The molecule has 1 aliphatic carbocycles. The summed E-state index contributed by atoms with van der Waals surface area (Å²) in [7, 11) is 0. The summed E-state index contributed by atoms with van der Waals surface area (Å²) in [6.45, 7) is 5.77. The third-order valence-electron chi connectivity index (χ3n) is 4.54. The second-order valence-corrected chi connectivity index (χ2v) is 6.13. The van der Waals surface area contributed by atoms with Gasteiger partial charge in [0.25, 0.3) is 0 Å². The number of nitrogens with zero attached hydrogens (tertiary/aromatic N) is 1. The second-order valence-electron chi connectivity index (χ2n) is 6.13. The maximum atomic E-state index is 9.44. The topological polar surface area (TPSA) is 35.5 Å². The van der Waals surface area contributed by atoms with Crippen LogP contribution in [0.2, 0.25) is 0 Å². The summed E-state index contributed by atoms with van der Waals surface area (Å²) in [6.07, 6.45) is 10.4. The average molecular weight is 254 g/mol. The summed E-state index contributed by atoms with van der Waals surface area (Å²) in [5.74, 6) is 0.948. The van der Waals surface area contributed by atoms with Gasteiger partial charge in [0, 0.05) is 13.1 Å². The summed E-state index contributed by atoms with van der Waals surface area (Å²) in [5.41, 5.74) is 0. The normalized spacial score (nSPS) is 24.5. The van der Waals surface area contributed by atoms with Gasteiger partial charge in [-0.25, -0.2) is 0 Å². The molecule has 0 atom stereocenters. The van der Waals surface area contributed by atoms with E-state index in [9.17, 15) is 5.11 Å². The van der Waals surface area contributed by atoms with Crippen molar-refractivity contribution in [1.29, 1.82) is 0 Å². The summed E-state index contributed by atoms with van der Waals surface area (Å²) in [6, 6.07) is 0. The van der Waals surface area contributed by atoms with E-state index in [1.807, 2.05) is 0 Å². The highest BCUT2D eigenvalue weighted by atomic mass is 16.3. The molecule has 1 saturated heterocycles. The Kier molecular flexibility index (Phi) is 6.46. The highest BCUT2D eigenvalue weighted by Crippen LogP contribution is 2.22. The molecule has 0 spiro atoms. The number of aliphatic hydroxyl groups excluding tert-OH is 1. The van der Waals surface area contributed by atoms with Crippen molar-refractivity contribution in [3.63, 3.8) is 0 Å². The fourth-order valence-electron chi connectivity index (χ4n) is 3.27. The van der Waals surface area contributed by atoms with Gasteiger partial charge >= 0.3 is 0 Å². The molecule has 0 aromatic heterocycles. The van der Waals surface area contributed by atoms with Gasteiger partial charge in [-0.3, -0.25) is 0 Å². The maximum absolute atomic E-state index is 9.44. The minimum absolute atomic E-state index is 0.0364. The first-order valence-electron chi connectivity index (χ1n) is 7.96. The van der Waals surface area contributed by atoms with E-state index in [0.29, 0.717) is 0 Å². The van der Waals surface area contributed by atoms with Crippen LogP contribution in [0, 0.1) is 5.92 Å². The predicted molar refractivity (Wildman–Crippen MR) is 75.7 cm³/mol. The van der Waals surface area contributed by atoms with E-state index in [1.165, 1.54) is 51.6 Å². The van der Waals surface area contributed by atoms with Crippen molar-refractivity contribution in [3.05, 3.63) is 0 Å². The first-order valence-corrected chi connectivity index (χ1v) is 7.96. The van der Waals surface area contributed by atoms with Crippen molar-refractivity contribution >= 4 is 0 Å². The molecule has 18 heavy (non-hydrogen) atoms. The van der Waals surface area contributed by atoms with Crippen molar-refractivity contribution < 1.29 is 5.11 Å². The third-order valence-corrected chi connectivity index (χ3v) is 4.54. The first-order chi connectivity index (χ1) is 8.84. The molecule has 2 rings (SSSR count). The Hall–Kier alpha value is -0.120. The summed E-state index contributed by atoms with van der Waals surface area (Å²) in [4.78, 5) is 2.50. The number of nitrogens with one attached hydrogen (secondary N) is 1. The van der Waals surface area contributed by atoms with Crippen LogP contribution in [0.1, 0.15) is 51.4 Å². The number of likely N-dealkylation sites (tertiary alicyclic amines) is 1. The molecule has 0 unspecified atom stereocenters. The molecule has 0 bridgehead atoms. The van der Waals surface area contributed by atoms with Crippen LogP contribution in [-0.4, -0.2) is 48.8 Å². The molecule has 0 radical (unpaired) electrons. The lowest BCUT2D eigenvalue weighted by atomic mass is 9.89. The number of piperidine rings is 1. The van der Waals surface area contributed by atoms with Gasteiger partial charge < -0.3 is 15.3 Å². The molecular formula is C15H30N2O. The third kappa shape index (κ3) is 5.25. The molecule has 0 aromatic rings. The molecule has 1 aliphatic heterocycles. The Labute approximate surface area is 112 Å². The van der Waals surface area contributed by atoms with Gasteiger partial charge in [-0.05, 0) is 57.7 Å². The Morgan fingerprint density at radius 1 is 1.00 bits per heavy atom. The van der Waals surface area contributed by atoms with Gasteiger partial charge in [-0.15, -0.1) is 0 Å². The molecule has 1 heterocycles. The quantitative estimate of drug-likeness (QED) is 0.712. The Balaban J connectivity index is 1.43. The van der Waals surface area contributed by atoms with Crippen molar-refractivity contribution in [2.45, 2.75) is 57.5 Å². The van der Waals surface area contributed by atoms with E-state index in [0.717, 1.165) is 38.4 Å². The Morgan fingerprint density at radius 2 is 1.72 bits per heavy atom. The molecule has 3 nitrogen and oxygen atoms in total. The molecular weight excluding hydrogens is 224 g/mol. The van der Waals surface area contributed by atoms with Crippen molar-refractivity contribution in [2.24, 2.45) is 5.92 Å². The standard InChI is InChI=1S/C15H30N2O/c18-15-7-11-17(12-8-15)10-4-9-16-13-14-5-2-1-3-6-14/h14-16,18H,1-13H2. The highest BCUT2D eigenvalue weighted by Gasteiger charge is 2.16. The molecule has 1 saturated carbocycles. The zero-order valence-corrected chi connectivity index (χ0v) is 11.7. The zero-order valence-electron chi connectivity index (χ0n) is 11.7. The lowest BCUT2D eigenvalue weighted by Crippen LogP contribution is -2.37. The van der Waals surface area contributed by atoms with Crippen LogP contribution in [0.4, 0.5) is 0 Å². The van der Waals surface area contributed by atoms with Crippen molar-refractivity contribution in [1.82, 2.24) is 10.2 Å². The largest absolute Gasteiger partial charge is 0.393 e. The lowest BCUT2D eigenvalue weighted by molar-refractivity contribution is 0.0821. The molecule has 2 fully saturated rings. The van der Waals surface area contributed by atoms with Crippen LogP contribution >= 0.6 is 0 Å². The van der Waals surface area contributed by atoms with Crippen molar-refractivity contribution in [2.75, 3.05) is 32.7 Å².